The van der Waals surface area contributed by atoms with E-state index in [9.17, 15) is 13.2 Å². The maximum Gasteiger partial charge on any atom is 0.253 e. The molecule has 2 aromatic carbocycles. The monoisotopic (exact) mass is 425 g/mol. The third-order valence-electron chi connectivity index (χ3n) is 5.17. The lowest BCUT2D eigenvalue weighted by atomic mass is 10.1. The third kappa shape index (κ3) is 3.65. The largest absolute Gasteiger partial charge is 0.337 e. The molecule has 0 aliphatic carbocycles. The highest BCUT2D eigenvalue weighted by Crippen LogP contribution is 2.32. The fraction of sp³-hybridized carbons (Fsp3) is 0.238. The Morgan fingerprint density at radius 2 is 2.00 bits per heavy atom. The molecule has 0 saturated carbocycles. The first kappa shape index (κ1) is 19.6. The molecule has 2 heterocycles. The molecule has 1 amide bonds. The van der Waals surface area contributed by atoms with Crippen LogP contribution in [0.3, 0.4) is 0 Å². The van der Waals surface area contributed by atoms with Crippen LogP contribution >= 0.6 is 11.3 Å². The van der Waals surface area contributed by atoms with E-state index >= 15 is 0 Å². The van der Waals surface area contributed by atoms with Gasteiger partial charge in [-0.3, -0.25) is 4.79 Å². The van der Waals surface area contributed by atoms with Crippen LogP contribution in [-0.2, 0) is 21.4 Å². The molecular weight excluding hydrogens is 406 g/mol. The summed E-state index contributed by atoms with van der Waals surface area (Å²) in [6, 6.07) is 17.6. The lowest BCUT2D eigenvalue weighted by Crippen LogP contribution is -2.42. The van der Waals surface area contributed by atoms with Crippen LogP contribution in [0.25, 0.3) is 10.1 Å². The number of amides is 1. The lowest BCUT2D eigenvalue weighted by Gasteiger charge is -2.23. The first-order chi connectivity index (χ1) is 13.9. The number of sulfonamides is 1. The summed E-state index contributed by atoms with van der Waals surface area (Å²) in [5, 5.41) is 9.91. The minimum atomic E-state index is -3.76. The highest BCUT2D eigenvalue weighted by molar-refractivity contribution is 7.91. The number of fused-ring (bicyclic) bond motifs is 1. The number of thiophene rings is 1. The highest BCUT2D eigenvalue weighted by atomic mass is 32.2. The second-order valence-corrected chi connectivity index (χ2v) is 10.3. The predicted octanol–water partition coefficient (Wildman–Crippen LogP) is 3.19. The van der Waals surface area contributed by atoms with Crippen molar-refractivity contribution in [2.75, 3.05) is 13.6 Å². The zero-order chi connectivity index (χ0) is 20.6. The number of likely N-dealkylation sites (N-methyl/N-ethyl adjacent to an activating group) is 1. The minimum Gasteiger partial charge on any atom is -0.337 e. The number of nitrogens with zero attached hydrogens (tertiary/aromatic N) is 3. The van der Waals surface area contributed by atoms with Crippen molar-refractivity contribution in [3.05, 3.63) is 65.7 Å². The average Bonchev–Trinajstić information content (AvgIpc) is 3.32. The molecule has 1 aliphatic heterocycles. The van der Waals surface area contributed by atoms with E-state index in [0.717, 1.165) is 15.6 Å². The van der Waals surface area contributed by atoms with Gasteiger partial charge in [0.2, 0.25) is 5.91 Å². The van der Waals surface area contributed by atoms with Gasteiger partial charge >= 0.3 is 0 Å². The molecule has 29 heavy (non-hydrogen) atoms. The van der Waals surface area contributed by atoms with Gasteiger partial charge in [0.1, 0.15) is 10.3 Å². The van der Waals surface area contributed by atoms with E-state index in [1.165, 1.54) is 22.7 Å². The number of hydrogen-bond donors (Lipinski definition) is 0. The second kappa shape index (κ2) is 7.59. The summed E-state index contributed by atoms with van der Waals surface area (Å²) in [6.07, 6.45) is 0.442. The molecular formula is C21H19N3O3S2. The van der Waals surface area contributed by atoms with Gasteiger partial charge in [-0.2, -0.15) is 9.57 Å². The Morgan fingerprint density at radius 3 is 2.76 bits per heavy atom. The van der Waals surface area contributed by atoms with Gasteiger partial charge in [0.25, 0.3) is 10.0 Å². The first-order valence-electron chi connectivity index (χ1n) is 9.14. The Balaban J connectivity index is 1.53. The van der Waals surface area contributed by atoms with Crippen molar-refractivity contribution in [2.45, 2.75) is 23.2 Å². The Labute approximate surface area is 173 Å². The number of hydrogen-bond acceptors (Lipinski definition) is 5. The predicted molar refractivity (Wildman–Crippen MR) is 112 cm³/mol. The molecule has 0 unspecified atom stereocenters. The summed E-state index contributed by atoms with van der Waals surface area (Å²) in [7, 11) is -2.29. The zero-order valence-corrected chi connectivity index (χ0v) is 17.4. The topological polar surface area (TPSA) is 81.5 Å². The van der Waals surface area contributed by atoms with Gasteiger partial charge in [-0.25, -0.2) is 8.42 Å². The average molecular weight is 426 g/mol. The summed E-state index contributed by atoms with van der Waals surface area (Å²) < 4.78 is 28.6. The van der Waals surface area contributed by atoms with Crippen molar-refractivity contribution in [1.82, 2.24) is 9.21 Å². The van der Waals surface area contributed by atoms with Gasteiger partial charge in [-0.15, -0.1) is 11.3 Å². The summed E-state index contributed by atoms with van der Waals surface area (Å²) in [4.78, 5) is 14.6. The van der Waals surface area contributed by atoms with E-state index in [1.54, 1.807) is 29.2 Å². The normalized spacial score (nSPS) is 17.2. The van der Waals surface area contributed by atoms with Gasteiger partial charge in [0.05, 0.1) is 11.6 Å². The first-order valence-corrected chi connectivity index (χ1v) is 11.4. The summed E-state index contributed by atoms with van der Waals surface area (Å²) in [5.74, 6) is -0.209. The molecule has 1 aromatic heterocycles. The SMILES string of the molecule is CN([C@H]1CCN(Cc2cccc(C#N)c2)C1=O)S(=O)(=O)c1cc2ccccc2s1. The Bertz CT molecular complexity index is 1190. The minimum absolute atomic E-state index is 0.209. The molecule has 6 nitrogen and oxygen atoms in total. The van der Waals surface area contributed by atoms with Gasteiger partial charge in [0.15, 0.2) is 0 Å². The summed E-state index contributed by atoms with van der Waals surface area (Å²) in [5.41, 5.74) is 1.39. The molecule has 1 saturated heterocycles. The molecule has 148 valence electrons. The van der Waals surface area contributed by atoms with Crippen molar-refractivity contribution in [2.24, 2.45) is 0 Å². The molecule has 1 aliphatic rings. The van der Waals surface area contributed by atoms with Crippen molar-refractivity contribution in [3.63, 3.8) is 0 Å². The Morgan fingerprint density at radius 1 is 1.21 bits per heavy atom. The lowest BCUT2D eigenvalue weighted by molar-refractivity contribution is -0.131. The molecule has 0 N–H and O–H groups in total. The molecule has 3 aromatic rings. The quantitative estimate of drug-likeness (QED) is 0.629. The van der Waals surface area contributed by atoms with Crippen LogP contribution in [0.1, 0.15) is 17.5 Å². The Hall–Kier alpha value is -2.73. The van der Waals surface area contributed by atoms with Crippen LogP contribution in [0.5, 0.6) is 0 Å². The standard InChI is InChI=1S/C21H19N3O3S2/c1-23(29(26,27)20-12-17-7-2-3-8-19(17)28-20)18-9-10-24(21(18)25)14-16-6-4-5-15(11-16)13-22/h2-8,11-12,18H,9-10,14H2,1H3/t18-/m0/s1. The molecule has 4 rings (SSSR count). The van der Waals surface area contributed by atoms with Gasteiger partial charge in [-0.05, 0) is 41.6 Å². The van der Waals surface area contributed by atoms with Crippen LogP contribution in [-0.4, -0.2) is 43.2 Å². The number of rotatable bonds is 5. The number of likely N-dealkylation sites (tertiary alicyclic amines) is 1. The molecule has 0 spiro atoms. The number of carbonyl (C=O) groups is 1. The molecule has 0 radical (unpaired) electrons. The van der Waals surface area contributed by atoms with Crippen LogP contribution in [0.15, 0.2) is 58.8 Å². The smallest absolute Gasteiger partial charge is 0.253 e. The Kier molecular flexibility index (Phi) is 5.13. The number of nitriles is 1. The maximum atomic E-state index is 13.1. The van der Waals surface area contributed by atoms with E-state index in [1.807, 2.05) is 30.3 Å². The fourth-order valence-corrected chi connectivity index (χ4v) is 6.50. The van der Waals surface area contributed by atoms with E-state index < -0.39 is 16.1 Å². The van der Waals surface area contributed by atoms with Crippen molar-refractivity contribution < 1.29 is 13.2 Å². The molecule has 8 heteroatoms. The van der Waals surface area contributed by atoms with E-state index in [0.29, 0.717) is 25.1 Å². The van der Waals surface area contributed by atoms with Crippen LogP contribution in [0.2, 0.25) is 0 Å². The van der Waals surface area contributed by atoms with Crippen LogP contribution < -0.4 is 0 Å². The van der Waals surface area contributed by atoms with Crippen molar-refractivity contribution in [3.8, 4) is 6.07 Å². The third-order valence-corrected chi connectivity index (χ3v) is 8.61. The van der Waals surface area contributed by atoms with Gasteiger partial charge in [0, 0.05) is 24.8 Å². The van der Waals surface area contributed by atoms with Gasteiger partial charge < -0.3 is 4.90 Å². The molecule has 1 fully saturated rings. The molecule has 0 bridgehead atoms. The van der Waals surface area contributed by atoms with Crippen molar-refractivity contribution in [1.29, 1.82) is 5.26 Å². The summed E-state index contributed by atoms with van der Waals surface area (Å²) in [6.45, 7) is 0.841. The van der Waals surface area contributed by atoms with E-state index in [4.69, 9.17) is 5.26 Å². The second-order valence-electron chi connectivity index (χ2n) is 7.00. The van der Waals surface area contributed by atoms with Crippen molar-refractivity contribution >= 4 is 37.4 Å². The van der Waals surface area contributed by atoms with Gasteiger partial charge in [-0.1, -0.05) is 30.3 Å². The number of benzene rings is 2. The summed E-state index contributed by atoms with van der Waals surface area (Å²) >= 11 is 1.21. The van der Waals surface area contributed by atoms with Crippen LogP contribution in [0.4, 0.5) is 0 Å². The molecule has 1 atom stereocenters. The number of carbonyl (C=O) groups excluding carboxylic acids is 1. The van der Waals surface area contributed by atoms with Crippen LogP contribution in [0, 0.1) is 11.3 Å². The zero-order valence-electron chi connectivity index (χ0n) is 15.8. The fourth-order valence-electron chi connectivity index (χ4n) is 3.57. The van der Waals surface area contributed by atoms with E-state index in [2.05, 4.69) is 6.07 Å². The van der Waals surface area contributed by atoms with E-state index in [-0.39, 0.29) is 10.1 Å². The maximum absolute atomic E-state index is 13.1. The highest BCUT2D eigenvalue weighted by Gasteiger charge is 2.40.